The van der Waals surface area contributed by atoms with Gasteiger partial charge < -0.3 is 10.1 Å². The molecule has 0 aliphatic rings. The zero-order chi connectivity index (χ0) is 15.7. The maximum absolute atomic E-state index is 11.2. The van der Waals surface area contributed by atoms with Crippen LogP contribution in [0.25, 0.3) is 22.2 Å². The molecular formula is C18H16ClNO2. The first-order valence-corrected chi connectivity index (χ1v) is 7.58. The molecule has 1 aromatic heterocycles. The van der Waals surface area contributed by atoms with E-state index < -0.39 is 5.97 Å². The fourth-order valence-electron chi connectivity index (χ4n) is 2.73. The highest BCUT2D eigenvalue weighted by Gasteiger charge is 2.17. The van der Waals surface area contributed by atoms with Crippen LogP contribution in [0.15, 0.2) is 42.5 Å². The third-order valence-corrected chi connectivity index (χ3v) is 4.18. The van der Waals surface area contributed by atoms with Crippen molar-refractivity contribution in [2.75, 3.05) is 0 Å². The molecule has 0 saturated carbocycles. The van der Waals surface area contributed by atoms with Gasteiger partial charge in [0.25, 0.3) is 0 Å². The summed E-state index contributed by atoms with van der Waals surface area (Å²) in [5.74, 6) is -0.854. The van der Waals surface area contributed by atoms with E-state index in [4.69, 9.17) is 11.6 Å². The van der Waals surface area contributed by atoms with E-state index in [1.807, 2.05) is 24.3 Å². The highest BCUT2D eigenvalue weighted by Crippen LogP contribution is 2.34. The Kier molecular flexibility index (Phi) is 3.90. The number of halogens is 1. The van der Waals surface area contributed by atoms with Crippen molar-refractivity contribution in [1.82, 2.24) is 4.98 Å². The largest absolute Gasteiger partial charge is 0.481 e. The van der Waals surface area contributed by atoms with Crippen LogP contribution >= 0.6 is 11.6 Å². The second kappa shape index (κ2) is 5.85. The quantitative estimate of drug-likeness (QED) is 0.735. The van der Waals surface area contributed by atoms with E-state index in [1.54, 1.807) is 6.07 Å². The maximum Gasteiger partial charge on any atom is 0.307 e. The van der Waals surface area contributed by atoms with Crippen molar-refractivity contribution >= 4 is 28.5 Å². The molecule has 0 fully saturated rings. The van der Waals surface area contributed by atoms with Gasteiger partial charge in [-0.15, -0.1) is 0 Å². The molecule has 0 radical (unpaired) electrons. The van der Waals surface area contributed by atoms with E-state index in [-0.39, 0.29) is 6.42 Å². The van der Waals surface area contributed by atoms with Gasteiger partial charge in [0.2, 0.25) is 0 Å². The summed E-state index contributed by atoms with van der Waals surface area (Å²) in [6.07, 6.45) is 0.937. The Bertz CT molecular complexity index is 834. The summed E-state index contributed by atoms with van der Waals surface area (Å²) in [5, 5.41) is 10.7. The van der Waals surface area contributed by atoms with Gasteiger partial charge in [-0.3, -0.25) is 4.79 Å². The van der Waals surface area contributed by atoms with Crippen molar-refractivity contribution in [3.8, 4) is 11.3 Å². The van der Waals surface area contributed by atoms with Crippen molar-refractivity contribution < 1.29 is 9.90 Å². The second-order valence-electron chi connectivity index (χ2n) is 5.26. The highest BCUT2D eigenvalue weighted by molar-refractivity contribution is 6.35. The number of benzene rings is 2. The highest BCUT2D eigenvalue weighted by atomic mass is 35.5. The number of hydrogen-bond acceptors (Lipinski definition) is 1. The van der Waals surface area contributed by atoms with E-state index in [1.165, 1.54) is 5.56 Å². The Morgan fingerprint density at radius 2 is 1.91 bits per heavy atom. The van der Waals surface area contributed by atoms with Crippen LogP contribution in [0.1, 0.15) is 18.1 Å². The number of fused-ring (bicyclic) bond motifs is 1. The van der Waals surface area contributed by atoms with E-state index in [2.05, 4.69) is 24.0 Å². The number of carbonyl (C=O) groups is 1. The number of aliphatic carboxylic acids is 1. The van der Waals surface area contributed by atoms with Crippen LogP contribution in [0.2, 0.25) is 5.02 Å². The van der Waals surface area contributed by atoms with Crippen molar-refractivity contribution in [3.63, 3.8) is 0 Å². The summed E-state index contributed by atoms with van der Waals surface area (Å²) < 4.78 is 0. The molecule has 0 unspecified atom stereocenters. The molecule has 0 bridgehead atoms. The topological polar surface area (TPSA) is 53.1 Å². The lowest BCUT2D eigenvalue weighted by Crippen LogP contribution is -2.00. The first kappa shape index (κ1) is 14.7. The van der Waals surface area contributed by atoms with Gasteiger partial charge in [0.15, 0.2) is 0 Å². The number of aromatic nitrogens is 1. The number of rotatable bonds is 4. The predicted octanol–water partition coefficient (Wildman–Crippen LogP) is 4.68. The van der Waals surface area contributed by atoms with Crippen molar-refractivity contribution in [2.24, 2.45) is 0 Å². The minimum atomic E-state index is -0.854. The normalized spacial score (nSPS) is 11.0. The first-order chi connectivity index (χ1) is 10.6. The van der Waals surface area contributed by atoms with Crippen LogP contribution in [0.3, 0.4) is 0 Å². The molecule has 2 N–H and O–H groups in total. The summed E-state index contributed by atoms with van der Waals surface area (Å²) >= 11 is 6.24. The molecule has 0 saturated heterocycles. The Balaban J connectivity index is 2.22. The Labute approximate surface area is 133 Å². The average Bonchev–Trinajstić information content (AvgIpc) is 2.87. The number of nitrogens with one attached hydrogen (secondary N) is 1. The van der Waals surface area contributed by atoms with Crippen LogP contribution in [0, 0.1) is 0 Å². The van der Waals surface area contributed by atoms with E-state index in [0.29, 0.717) is 5.02 Å². The van der Waals surface area contributed by atoms with Gasteiger partial charge in [0, 0.05) is 5.39 Å². The fraction of sp³-hybridized carbons (Fsp3) is 0.167. The number of aromatic amines is 1. The minimum absolute atomic E-state index is 0.0365. The molecule has 22 heavy (non-hydrogen) atoms. The fourth-order valence-corrected chi connectivity index (χ4v) is 2.95. The maximum atomic E-state index is 11.2. The molecule has 4 heteroatoms. The molecule has 3 rings (SSSR count). The third-order valence-electron chi connectivity index (χ3n) is 3.87. The zero-order valence-corrected chi connectivity index (χ0v) is 12.9. The number of para-hydroxylation sites is 1. The molecular weight excluding hydrogens is 298 g/mol. The summed E-state index contributed by atoms with van der Waals surface area (Å²) in [5.41, 5.74) is 4.61. The van der Waals surface area contributed by atoms with Gasteiger partial charge >= 0.3 is 5.97 Å². The lowest BCUT2D eigenvalue weighted by atomic mass is 10.0. The molecule has 0 spiro atoms. The summed E-state index contributed by atoms with van der Waals surface area (Å²) in [7, 11) is 0. The lowest BCUT2D eigenvalue weighted by molar-refractivity contribution is -0.136. The van der Waals surface area contributed by atoms with E-state index in [9.17, 15) is 9.90 Å². The summed E-state index contributed by atoms with van der Waals surface area (Å²) in [4.78, 5) is 14.5. The van der Waals surface area contributed by atoms with E-state index in [0.717, 1.165) is 34.1 Å². The SMILES string of the molecule is CCc1ccc(-c2[nH]c3c(Cl)cccc3c2CC(=O)O)cc1. The van der Waals surface area contributed by atoms with Gasteiger partial charge in [-0.2, -0.15) is 0 Å². The zero-order valence-electron chi connectivity index (χ0n) is 12.2. The van der Waals surface area contributed by atoms with Gasteiger partial charge in [-0.25, -0.2) is 0 Å². The monoisotopic (exact) mass is 313 g/mol. The second-order valence-corrected chi connectivity index (χ2v) is 5.67. The number of carboxylic acid groups (broad SMARTS) is 1. The number of hydrogen-bond donors (Lipinski definition) is 2. The van der Waals surface area contributed by atoms with Crippen molar-refractivity contribution in [3.05, 3.63) is 58.6 Å². The van der Waals surface area contributed by atoms with Crippen LogP contribution in [-0.2, 0) is 17.6 Å². The van der Waals surface area contributed by atoms with Gasteiger partial charge in [-0.05, 0) is 29.2 Å². The van der Waals surface area contributed by atoms with Crippen molar-refractivity contribution in [2.45, 2.75) is 19.8 Å². The third kappa shape index (κ3) is 2.60. The van der Waals surface area contributed by atoms with Crippen LogP contribution in [0.4, 0.5) is 0 Å². The number of H-pyrrole nitrogens is 1. The van der Waals surface area contributed by atoms with Crippen LogP contribution in [-0.4, -0.2) is 16.1 Å². The van der Waals surface area contributed by atoms with Crippen LogP contribution in [0.5, 0.6) is 0 Å². The Morgan fingerprint density at radius 3 is 2.55 bits per heavy atom. The molecule has 2 aromatic carbocycles. The smallest absolute Gasteiger partial charge is 0.307 e. The number of aryl methyl sites for hydroxylation is 1. The standard InChI is InChI=1S/C18H16ClNO2/c1-2-11-6-8-12(9-7-11)17-14(10-16(21)22)13-4-3-5-15(19)18(13)20-17/h3-9,20H,2,10H2,1H3,(H,21,22). The van der Waals surface area contributed by atoms with Crippen molar-refractivity contribution in [1.29, 1.82) is 0 Å². The van der Waals surface area contributed by atoms with Gasteiger partial charge in [0.05, 0.1) is 22.7 Å². The summed E-state index contributed by atoms with van der Waals surface area (Å²) in [6, 6.07) is 13.7. The first-order valence-electron chi connectivity index (χ1n) is 7.20. The molecule has 112 valence electrons. The molecule has 3 aromatic rings. The Morgan fingerprint density at radius 1 is 1.18 bits per heavy atom. The van der Waals surface area contributed by atoms with Crippen LogP contribution < -0.4 is 0 Å². The minimum Gasteiger partial charge on any atom is -0.481 e. The number of carboxylic acids is 1. The van der Waals surface area contributed by atoms with Gasteiger partial charge in [-0.1, -0.05) is 54.9 Å². The molecule has 0 atom stereocenters. The molecule has 0 aliphatic carbocycles. The molecule has 3 nitrogen and oxygen atoms in total. The average molecular weight is 314 g/mol. The summed E-state index contributed by atoms with van der Waals surface area (Å²) in [6.45, 7) is 2.10. The predicted molar refractivity (Wildman–Crippen MR) is 89.5 cm³/mol. The van der Waals surface area contributed by atoms with E-state index >= 15 is 0 Å². The molecule has 1 heterocycles. The Hall–Kier alpha value is -2.26. The van der Waals surface area contributed by atoms with Gasteiger partial charge in [0.1, 0.15) is 0 Å². The lowest BCUT2D eigenvalue weighted by Gasteiger charge is -2.04. The molecule has 0 aliphatic heterocycles. The molecule has 0 amide bonds.